The van der Waals surface area contributed by atoms with Crippen LogP contribution in [0.15, 0.2) is 53.0 Å². The maximum Gasteiger partial charge on any atom is 0.0406 e. The molecule has 0 aliphatic heterocycles. The molecule has 1 saturated carbocycles. The first-order valence-corrected chi connectivity index (χ1v) is 6.92. The molecule has 2 atom stereocenters. The molecule has 0 saturated heterocycles. The summed E-state index contributed by atoms with van der Waals surface area (Å²) in [5, 5.41) is 0.814. The third kappa shape index (κ3) is 2.41. The summed E-state index contributed by atoms with van der Waals surface area (Å²) in [6.45, 7) is 0. The maximum atomic E-state index is 5.90. The van der Waals surface area contributed by atoms with Gasteiger partial charge in [0.2, 0.25) is 0 Å². The minimum absolute atomic E-state index is 0.674. The Morgan fingerprint density at radius 1 is 0.824 bits per heavy atom. The lowest BCUT2D eigenvalue weighted by molar-refractivity contribution is 1.03. The molecule has 2 heteroatoms. The van der Waals surface area contributed by atoms with Crippen LogP contribution in [0.3, 0.4) is 0 Å². The van der Waals surface area contributed by atoms with E-state index in [4.69, 9.17) is 11.6 Å². The summed E-state index contributed by atoms with van der Waals surface area (Å²) in [5.41, 5.74) is 2.84. The first-order chi connectivity index (χ1) is 8.24. The topological polar surface area (TPSA) is 0 Å². The molecule has 0 aromatic heterocycles. The van der Waals surface area contributed by atoms with Gasteiger partial charge in [0.25, 0.3) is 0 Å². The van der Waals surface area contributed by atoms with E-state index in [0.29, 0.717) is 11.8 Å². The Hall–Kier alpha value is -0.790. The quantitative estimate of drug-likeness (QED) is 0.699. The van der Waals surface area contributed by atoms with Gasteiger partial charge >= 0.3 is 0 Å². The second kappa shape index (κ2) is 4.47. The molecule has 0 heterocycles. The highest BCUT2D eigenvalue weighted by Gasteiger charge is 2.39. The SMILES string of the molecule is Clc1ccc(C2CC2c2ccc(Br)cc2)cc1. The van der Waals surface area contributed by atoms with E-state index in [0.717, 1.165) is 9.50 Å². The predicted molar refractivity (Wildman–Crippen MR) is 75.7 cm³/mol. The van der Waals surface area contributed by atoms with Crippen molar-refractivity contribution in [3.8, 4) is 0 Å². The van der Waals surface area contributed by atoms with Crippen molar-refractivity contribution in [2.75, 3.05) is 0 Å². The van der Waals surface area contributed by atoms with Crippen LogP contribution in [0.25, 0.3) is 0 Å². The summed E-state index contributed by atoms with van der Waals surface area (Å²) in [5.74, 6) is 1.36. The molecule has 2 unspecified atom stereocenters. The van der Waals surface area contributed by atoms with Crippen molar-refractivity contribution >= 4 is 27.5 Å². The minimum atomic E-state index is 0.674. The molecule has 3 rings (SSSR count). The molecule has 0 amide bonds. The van der Waals surface area contributed by atoms with E-state index < -0.39 is 0 Å². The van der Waals surface area contributed by atoms with Crippen molar-refractivity contribution in [2.45, 2.75) is 18.3 Å². The van der Waals surface area contributed by atoms with Crippen LogP contribution in [-0.2, 0) is 0 Å². The van der Waals surface area contributed by atoms with Crippen LogP contribution in [0.4, 0.5) is 0 Å². The molecule has 1 aliphatic carbocycles. The van der Waals surface area contributed by atoms with E-state index >= 15 is 0 Å². The summed E-state index contributed by atoms with van der Waals surface area (Å²) in [6, 6.07) is 16.9. The van der Waals surface area contributed by atoms with Gasteiger partial charge in [0.1, 0.15) is 0 Å². The summed E-state index contributed by atoms with van der Waals surface area (Å²) in [4.78, 5) is 0. The molecule has 0 bridgehead atoms. The zero-order valence-corrected chi connectivity index (χ0v) is 11.6. The first-order valence-electron chi connectivity index (χ1n) is 5.75. The second-order valence-corrected chi connectivity index (χ2v) is 5.90. The van der Waals surface area contributed by atoms with Crippen LogP contribution in [-0.4, -0.2) is 0 Å². The van der Waals surface area contributed by atoms with Gasteiger partial charge in [0.05, 0.1) is 0 Å². The summed E-state index contributed by atoms with van der Waals surface area (Å²) in [6.07, 6.45) is 1.25. The van der Waals surface area contributed by atoms with Crippen LogP contribution in [0.1, 0.15) is 29.4 Å². The van der Waals surface area contributed by atoms with Crippen LogP contribution < -0.4 is 0 Å². The zero-order chi connectivity index (χ0) is 11.8. The van der Waals surface area contributed by atoms with Crippen LogP contribution >= 0.6 is 27.5 Å². The Morgan fingerprint density at radius 2 is 1.29 bits per heavy atom. The van der Waals surface area contributed by atoms with Crippen LogP contribution in [0, 0.1) is 0 Å². The molecule has 1 aliphatic rings. The van der Waals surface area contributed by atoms with Gasteiger partial charge in [-0.1, -0.05) is 51.8 Å². The Labute approximate surface area is 115 Å². The lowest BCUT2D eigenvalue weighted by atomic mass is 10.0. The molecular formula is C15H12BrCl. The van der Waals surface area contributed by atoms with E-state index in [1.807, 2.05) is 12.1 Å². The van der Waals surface area contributed by atoms with Crippen molar-refractivity contribution < 1.29 is 0 Å². The smallest absolute Gasteiger partial charge is 0.0406 e. The first kappa shape index (κ1) is 11.3. The minimum Gasteiger partial charge on any atom is -0.0843 e. The number of benzene rings is 2. The Morgan fingerprint density at radius 3 is 1.82 bits per heavy atom. The highest BCUT2D eigenvalue weighted by molar-refractivity contribution is 9.10. The Kier molecular flexibility index (Phi) is 2.97. The third-order valence-corrected chi connectivity index (χ3v) is 4.17. The van der Waals surface area contributed by atoms with Crippen molar-refractivity contribution in [3.63, 3.8) is 0 Å². The standard InChI is InChI=1S/C15H12BrCl/c16-12-5-1-10(2-6-12)14-9-15(14)11-3-7-13(17)8-4-11/h1-8,14-15H,9H2. The molecule has 2 aromatic rings. The predicted octanol–water partition coefficient (Wildman–Crippen LogP) is 5.37. The van der Waals surface area contributed by atoms with Crippen molar-refractivity contribution in [1.82, 2.24) is 0 Å². The molecule has 1 fully saturated rings. The fourth-order valence-corrected chi connectivity index (χ4v) is 2.74. The fraction of sp³-hybridized carbons (Fsp3) is 0.200. The molecule has 0 nitrogen and oxygen atoms in total. The Balaban J connectivity index is 1.78. The summed E-state index contributed by atoms with van der Waals surface area (Å²) < 4.78 is 1.14. The van der Waals surface area contributed by atoms with Gasteiger partial charge in [-0.25, -0.2) is 0 Å². The summed E-state index contributed by atoms with van der Waals surface area (Å²) in [7, 11) is 0. The number of hydrogen-bond donors (Lipinski definition) is 0. The van der Waals surface area contributed by atoms with E-state index in [1.165, 1.54) is 17.5 Å². The van der Waals surface area contributed by atoms with Gasteiger partial charge in [-0.15, -0.1) is 0 Å². The lowest BCUT2D eigenvalue weighted by Crippen LogP contribution is -1.84. The number of hydrogen-bond acceptors (Lipinski definition) is 0. The molecule has 0 radical (unpaired) electrons. The molecule has 0 N–H and O–H groups in total. The summed E-state index contributed by atoms with van der Waals surface area (Å²) >= 11 is 9.37. The average molecular weight is 308 g/mol. The normalized spacial score (nSPS) is 22.5. The van der Waals surface area contributed by atoms with Gasteiger partial charge in [-0.05, 0) is 53.6 Å². The highest BCUT2D eigenvalue weighted by atomic mass is 79.9. The van der Waals surface area contributed by atoms with E-state index in [-0.39, 0.29) is 0 Å². The third-order valence-electron chi connectivity index (χ3n) is 3.39. The van der Waals surface area contributed by atoms with E-state index in [1.54, 1.807) is 0 Å². The molecule has 0 spiro atoms. The highest BCUT2D eigenvalue weighted by Crippen LogP contribution is 2.54. The molecular weight excluding hydrogens is 296 g/mol. The zero-order valence-electron chi connectivity index (χ0n) is 9.24. The second-order valence-electron chi connectivity index (χ2n) is 4.55. The van der Waals surface area contributed by atoms with E-state index in [2.05, 4.69) is 52.3 Å². The molecule has 2 aromatic carbocycles. The Bertz CT molecular complexity index is 466. The van der Waals surface area contributed by atoms with Crippen molar-refractivity contribution in [2.24, 2.45) is 0 Å². The van der Waals surface area contributed by atoms with Gasteiger partial charge in [-0.3, -0.25) is 0 Å². The van der Waals surface area contributed by atoms with Crippen molar-refractivity contribution in [1.29, 1.82) is 0 Å². The molecule has 86 valence electrons. The van der Waals surface area contributed by atoms with Crippen molar-refractivity contribution in [3.05, 3.63) is 69.2 Å². The van der Waals surface area contributed by atoms with Gasteiger partial charge in [0.15, 0.2) is 0 Å². The van der Waals surface area contributed by atoms with Gasteiger partial charge < -0.3 is 0 Å². The van der Waals surface area contributed by atoms with Crippen LogP contribution in [0.5, 0.6) is 0 Å². The lowest BCUT2D eigenvalue weighted by Gasteiger charge is -2.02. The maximum absolute atomic E-state index is 5.90. The largest absolute Gasteiger partial charge is 0.0843 e. The van der Waals surface area contributed by atoms with E-state index in [9.17, 15) is 0 Å². The van der Waals surface area contributed by atoms with Crippen LogP contribution in [0.2, 0.25) is 5.02 Å². The van der Waals surface area contributed by atoms with Gasteiger partial charge in [0, 0.05) is 9.50 Å². The van der Waals surface area contributed by atoms with Gasteiger partial charge in [-0.2, -0.15) is 0 Å². The number of rotatable bonds is 2. The fourth-order valence-electron chi connectivity index (χ4n) is 2.35. The monoisotopic (exact) mass is 306 g/mol. The average Bonchev–Trinajstić information content (AvgIpc) is 3.11. The molecule has 17 heavy (non-hydrogen) atoms. The number of halogens is 2.